The third kappa shape index (κ3) is 3.94. The Morgan fingerprint density at radius 3 is 2.50 bits per heavy atom. The lowest BCUT2D eigenvalue weighted by atomic mass is 10.3. The number of non-ortho nitro benzene ring substituents is 1. The maximum absolute atomic E-state index is 12.3. The third-order valence-electron chi connectivity index (χ3n) is 3.40. The zero-order chi connectivity index (χ0) is 17.7. The summed E-state index contributed by atoms with van der Waals surface area (Å²) in [5.74, 6) is -1.34. The molecule has 9 nitrogen and oxygen atoms in total. The van der Waals surface area contributed by atoms with Crippen molar-refractivity contribution in [2.75, 3.05) is 13.1 Å². The predicted molar refractivity (Wildman–Crippen MR) is 84.0 cm³/mol. The van der Waals surface area contributed by atoms with Gasteiger partial charge in [-0.05, 0) is 25.1 Å². The first kappa shape index (κ1) is 17.1. The molecule has 0 aliphatic rings. The van der Waals surface area contributed by atoms with Gasteiger partial charge in [0.1, 0.15) is 0 Å². The van der Waals surface area contributed by atoms with Gasteiger partial charge in [-0.15, -0.1) is 0 Å². The first-order chi connectivity index (χ1) is 11.4. The van der Waals surface area contributed by atoms with Crippen molar-refractivity contribution < 1.29 is 19.6 Å². The van der Waals surface area contributed by atoms with Crippen molar-refractivity contribution in [3.05, 3.63) is 52.3 Å². The number of aliphatic carboxylic acids is 1. The molecule has 0 bridgehead atoms. The Bertz CT molecular complexity index is 753. The number of carboxylic acid groups (broad SMARTS) is 1. The van der Waals surface area contributed by atoms with Gasteiger partial charge >= 0.3 is 5.97 Å². The SMILES string of the molecule is CCN(CCC(=O)O)C(=O)c1ccn(-c2ccc([N+](=O)[O-])cc2)n1. The Labute approximate surface area is 137 Å². The lowest BCUT2D eigenvalue weighted by Gasteiger charge is -2.18. The number of carbonyl (C=O) groups excluding carboxylic acids is 1. The summed E-state index contributed by atoms with van der Waals surface area (Å²) in [6.45, 7) is 2.23. The van der Waals surface area contributed by atoms with Crippen molar-refractivity contribution in [3.8, 4) is 5.69 Å². The summed E-state index contributed by atoms with van der Waals surface area (Å²) in [6, 6.07) is 7.28. The van der Waals surface area contributed by atoms with E-state index in [1.165, 1.54) is 39.9 Å². The Hall–Kier alpha value is -3.23. The molecule has 1 aromatic carbocycles. The van der Waals surface area contributed by atoms with Crippen LogP contribution in [0.15, 0.2) is 36.5 Å². The van der Waals surface area contributed by atoms with Crippen LogP contribution in [0, 0.1) is 10.1 Å². The molecule has 0 spiro atoms. The number of hydrogen-bond donors (Lipinski definition) is 1. The van der Waals surface area contributed by atoms with Gasteiger partial charge in [0.05, 0.1) is 17.0 Å². The van der Waals surface area contributed by atoms with Gasteiger partial charge in [-0.25, -0.2) is 4.68 Å². The molecule has 2 aromatic rings. The normalized spacial score (nSPS) is 10.4. The summed E-state index contributed by atoms with van der Waals surface area (Å²) < 4.78 is 1.43. The van der Waals surface area contributed by atoms with E-state index >= 15 is 0 Å². The number of hydrogen-bond acceptors (Lipinski definition) is 5. The summed E-state index contributed by atoms with van der Waals surface area (Å²) in [4.78, 5) is 34.5. The van der Waals surface area contributed by atoms with E-state index in [4.69, 9.17) is 5.11 Å². The minimum absolute atomic E-state index is 0.0342. The Morgan fingerprint density at radius 1 is 1.29 bits per heavy atom. The van der Waals surface area contributed by atoms with Gasteiger partial charge in [0.25, 0.3) is 11.6 Å². The molecular weight excluding hydrogens is 316 g/mol. The number of aromatic nitrogens is 2. The van der Waals surface area contributed by atoms with E-state index in [2.05, 4.69) is 5.10 Å². The number of carboxylic acids is 1. The largest absolute Gasteiger partial charge is 0.481 e. The topological polar surface area (TPSA) is 119 Å². The Kier molecular flexibility index (Phi) is 5.25. The quantitative estimate of drug-likeness (QED) is 0.609. The molecule has 1 N–H and O–H groups in total. The van der Waals surface area contributed by atoms with Crippen molar-refractivity contribution in [2.45, 2.75) is 13.3 Å². The zero-order valence-electron chi connectivity index (χ0n) is 13.0. The molecule has 1 amide bonds. The van der Waals surface area contributed by atoms with Gasteiger partial charge in [-0.2, -0.15) is 5.10 Å². The summed E-state index contributed by atoms with van der Waals surface area (Å²) in [6.07, 6.45) is 1.43. The highest BCUT2D eigenvalue weighted by Crippen LogP contribution is 2.15. The van der Waals surface area contributed by atoms with Crippen LogP contribution in [0.1, 0.15) is 23.8 Å². The lowest BCUT2D eigenvalue weighted by Crippen LogP contribution is -2.33. The van der Waals surface area contributed by atoms with Crippen LogP contribution in [0.5, 0.6) is 0 Å². The number of benzene rings is 1. The minimum atomic E-state index is -0.974. The van der Waals surface area contributed by atoms with Crippen molar-refractivity contribution in [1.29, 1.82) is 0 Å². The number of nitro benzene ring substituents is 1. The molecular formula is C15H16N4O5. The van der Waals surface area contributed by atoms with E-state index in [1.54, 1.807) is 13.1 Å². The minimum Gasteiger partial charge on any atom is -0.481 e. The third-order valence-corrected chi connectivity index (χ3v) is 3.40. The van der Waals surface area contributed by atoms with Crippen LogP contribution in [-0.4, -0.2) is 49.7 Å². The molecule has 0 fully saturated rings. The molecule has 24 heavy (non-hydrogen) atoms. The molecule has 1 heterocycles. The van der Waals surface area contributed by atoms with Crippen LogP contribution in [0.4, 0.5) is 5.69 Å². The second-order valence-corrected chi connectivity index (χ2v) is 4.95. The molecule has 0 aliphatic carbocycles. The zero-order valence-corrected chi connectivity index (χ0v) is 13.0. The van der Waals surface area contributed by atoms with Crippen LogP contribution in [-0.2, 0) is 4.79 Å². The van der Waals surface area contributed by atoms with Crippen molar-refractivity contribution in [3.63, 3.8) is 0 Å². The first-order valence-corrected chi connectivity index (χ1v) is 7.24. The highest BCUT2D eigenvalue weighted by molar-refractivity contribution is 5.92. The predicted octanol–water partition coefficient (Wildman–Crippen LogP) is 1.72. The van der Waals surface area contributed by atoms with E-state index in [-0.39, 0.29) is 30.3 Å². The summed E-state index contributed by atoms with van der Waals surface area (Å²) in [5, 5.41) is 23.5. The van der Waals surface area contributed by atoms with Crippen LogP contribution in [0.3, 0.4) is 0 Å². The second kappa shape index (κ2) is 7.36. The molecule has 9 heteroatoms. The fourth-order valence-electron chi connectivity index (χ4n) is 2.10. The van der Waals surface area contributed by atoms with Gasteiger partial charge in [-0.1, -0.05) is 0 Å². The van der Waals surface area contributed by atoms with Crippen LogP contribution < -0.4 is 0 Å². The fraction of sp³-hybridized carbons (Fsp3) is 0.267. The second-order valence-electron chi connectivity index (χ2n) is 4.95. The Balaban J connectivity index is 2.15. The molecule has 0 saturated heterocycles. The standard InChI is InChI=1S/C15H16N4O5/c1-2-17(9-8-14(20)21)15(22)13-7-10-18(16-13)11-3-5-12(6-4-11)19(23)24/h3-7,10H,2,8-9H2,1H3,(H,20,21). The van der Waals surface area contributed by atoms with Crippen LogP contribution in [0.25, 0.3) is 5.69 Å². The van der Waals surface area contributed by atoms with Gasteiger partial charge in [0.2, 0.25) is 0 Å². The highest BCUT2D eigenvalue weighted by Gasteiger charge is 2.18. The Morgan fingerprint density at radius 2 is 1.96 bits per heavy atom. The molecule has 0 saturated carbocycles. The number of amides is 1. The van der Waals surface area contributed by atoms with E-state index in [0.29, 0.717) is 12.2 Å². The summed E-state index contributed by atoms with van der Waals surface area (Å²) in [5.41, 5.74) is 0.724. The smallest absolute Gasteiger partial charge is 0.305 e. The maximum Gasteiger partial charge on any atom is 0.305 e. The molecule has 0 atom stereocenters. The summed E-state index contributed by atoms with van der Waals surface area (Å²) >= 11 is 0. The van der Waals surface area contributed by atoms with E-state index in [1.807, 2.05) is 0 Å². The highest BCUT2D eigenvalue weighted by atomic mass is 16.6. The molecule has 0 aliphatic heterocycles. The fourth-order valence-corrected chi connectivity index (χ4v) is 2.10. The van der Waals surface area contributed by atoms with Crippen molar-refractivity contribution in [2.24, 2.45) is 0 Å². The lowest BCUT2D eigenvalue weighted by molar-refractivity contribution is -0.384. The maximum atomic E-state index is 12.3. The van der Waals surface area contributed by atoms with Gasteiger partial charge in [-0.3, -0.25) is 19.7 Å². The molecule has 1 aromatic heterocycles. The van der Waals surface area contributed by atoms with Gasteiger partial charge in [0.15, 0.2) is 5.69 Å². The molecule has 126 valence electrons. The van der Waals surface area contributed by atoms with Gasteiger partial charge in [0, 0.05) is 31.4 Å². The van der Waals surface area contributed by atoms with E-state index in [9.17, 15) is 19.7 Å². The number of nitro groups is 1. The van der Waals surface area contributed by atoms with Crippen LogP contribution >= 0.6 is 0 Å². The molecule has 0 radical (unpaired) electrons. The first-order valence-electron chi connectivity index (χ1n) is 7.24. The number of carbonyl (C=O) groups is 2. The average Bonchev–Trinajstić information content (AvgIpc) is 3.05. The van der Waals surface area contributed by atoms with E-state index < -0.39 is 10.9 Å². The van der Waals surface area contributed by atoms with Gasteiger partial charge < -0.3 is 10.0 Å². The number of rotatable bonds is 7. The monoisotopic (exact) mass is 332 g/mol. The van der Waals surface area contributed by atoms with Crippen molar-refractivity contribution in [1.82, 2.24) is 14.7 Å². The van der Waals surface area contributed by atoms with Crippen molar-refractivity contribution >= 4 is 17.6 Å². The average molecular weight is 332 g/mol. The summed E-state index contributed by atoms with van der Waals surface area (Å²) in [7, 11) is 0. The molecule has 2 rings (SSSR count). The van der Waals surface area contributed by atoms with E-state index in [0.717, 1.165) is 0 Å². The van der Waals surface area contributed by atoms with Crippen LogP contribution in [0.2, 0.25) is 0 Å². The number of nitrogens with zero attached hydrogens (tertiary/aromatic N) is 4. The molecule has 0 unspecified atom stereocenters.